The molecule has 2 aromatic rings. The molecule has 0 saturated carbocycles. The van der Waals surface area contributed by atoms with Crippen molar-refractivity contribution in [3.63, 3.8) is 0 Å². The summed E-state index contributed by atoms with van der Waals surface area (Å²) in [5, 5.41) is 1.52. The topological polar surface area (TPSA) is 57.4 Å². The summed E-state index contributed by atoms with van der Waals surface area (Å²) in [5.74, 6) is 0. The molecule has 3 rings (SSSR count). The molecule has 1 saturated heterocycles. The zero-order chi connectivity index (χ0) is 27.8. The van der Waals surface area contributed by atoms with Crippen molar-refractivity contribution in [2.24, 2.45) is 0 Å². The van der Waals surface area contributed by atoms with Gasteiger partial charge >= 0.3 is 6.09 Å². The van der Waals surface area contributed by atoms with Gasteiger partial charge in [-0.1, -0.05) is 6.04 Å². The Morgan fingerprint density at radius 2 is 2.52 bits per heavy atom. The molecule has 0 radical (unpaired) electrons. The second kappa shape index (κ2) is 5.77. The third-order valence-corrected chi connectivity index (χ3v) is 2.69. The lowest BCUT2D eigenvalue weighted by Gasteiger charge is -2.09. The maximum Gasteiger partial charge on any atom is 0.407 e. The van der Waals surface area contributed by atoms with Gasteiger partial charge in [-0.3, -0.25) is 0 Å². The number of aromatic nitrogens is 1. The van der Waals surface area contributed by atoms with Crippen LogP contribution in [0.5, 0.6) is 0 Å². The van der Waals surface area contributed by atoms with E-state index in [2.05, 4.69) is 9.72 Å². The van der Waals surface area contributed by atoms with Gasteiger partial charge in [-0.25, -0.2) is 4.79 Å². The van der Waals surface area contributed by atoms with E-state index in [1.807, 2.05) is 5.32 Å². The van der Waals surface area contributed by atoms with E-state index in [0.717, 1.165) is 6.20 Å². The van der Waals surface area contributed by atoms with E-state index in [4.69, 9.17) is 20.6 Å². The van der Waals surface area contributed by atoms with Gasteiger partial charge in [-0.05, 0) is 49.9 Å². The Balaban J connectivity index is 2.24. The first-order valence-corrected chi connectivity index (χ1v) is 5.92. The molecule has 1 fully saturated rings. The molecule has 0 unspecified atom stereocenters. The summed E-state index contributed by atoms with van der Waals surface area (Å²) in [6.07, 6.45) is -6.09. The number of hydrogen-bond donors (Lipinski definition) is 2. The van der Waals surface area contributed by atoms with Crippen LogP contribution >= 0.6 is 0 Å². The Labute approximate surface area is 145 Å². The first-order chi connectivity index (χ1) is 16.0. The second-order valence-corrected chi connectivity index (χ2v) is 4.19. The van der Waals surface area contributed by atoms with Crippen LogP contribution < -0.4 is 5.32 Å². The SMILES string of the molecule is [2H]c1c(C([2H])([2H])[C@@H]2NC(=O)OC2([2H])[2H])c([2H])c2c(C([2H])([2H])CN(C([2H])([2H])[2H])C([2H])([2H])[2H])c[nH]c2c1[2H]. The lowest BCUT2D eigenvalue weighted by molar-refractivity contribution is 0.177. The minimum atomic E-state index is -3.22. The maximum atomic E-state index is 11.6. The minimum absolute atomic E-state index is 0.0248. The molecule has 2 N–H and O–H groups in total. The third kappa shape index (κ3) is 3.19. The molecule has 5 nitrogen and oxygen atoms in total. The van der Waals surface area contributed by atoms with Crippen LogP contribution in [0.3, 0.4) is 0 Å². The van der Waals surface area contributed by atoms with E-state index in [0.29, 0.717) is 0 Å². The van der Waals surface area contributed by atoms with Crippen molar-refractivity contribution in [3.8, 4) is 0 Å². The van der Waals surface area contributed by atoms with Crippen molar-refractivity contribution in [2.75, 3.05) is 27.1 Å². The number of nitrogens with one attached hydrogen (secondary N) is 2. The fourth-order valence-corrected chi connectivity index (χ4v) is 1.81. The maximum absolute atomic E-state index is 11.6. The molecular weight excluding hydrogens is 266 g/mol. The first kappa shape index (κ1) is 4.74. The fraction of sp³-hybridized carbons (Fsp3) is 0.438. The molecule has 0 aliphatic carbocycles. The zero-order valence-corrected chi connectivity index (χ0v) is 10.6. The predicted octanol–water partition coefficient (Wildman–Crippen LogP) is 1.92. The Morgan fingerprint density at radius 3 is 3.29 bits per heavy atom. The van der Waals surface area contributed by atoms with Crippen molar-refractivity contribution in [3.05, 3.63) is 35.5 Å². The number of aromatic amines is 1. The third-order valence-electron chi connectivity index (χ3n) is 2.69. The van der Waals surface area contributed by atoms with Gasteiger partial charge in [-0.2, -0.15) is 0 Å². The Hall–Kier alpha value is -2.01. The zero-order valence-electron chi connectivity index (χ0n) is 25.6. The van der Waals surface area contributed by atoms with Gasteiger partial charge in [0.25, 0.3) is 0 Å². The summed E-state index contributed by atoms with van der Waals surface area (Å²) >= 11 is 0. The molecule has 1 aliphatic rings. The van der Waals surface area contributed by atoms with Crippen LogP contribution in [0.4, 0.5) is 4.79 Å². The number of H-pyrrole nitrogens is 1. The molecule has 2 heterocycles. The van der Waals surface area contributed by atoms with E-state index < -0.39 is 86.6 Å². The van der Waals surface area contributed by atoms with Crippen LogP contribution in [0.2, 0.25) is 0 Å². The van der Waals surface area contributed by atoms with Gasteiger partial charge in [0.15, 0.2) is 0 Å². The number of hydrogen-bond acceptors (Lipinski definition) is 3. The van der Waals surface area contributed by atoms with Crippen LogP contribution in [-0.2, 0) is 17.5 Å². The van der Waals surface area contributed by atoms with Crippen LogP contribution in [0.25, 0.3) is 10.9 Å². The van der Waals surface area contributed by atoms with Gasteiger partial charge in [-0.15, -0.1) is 0 Å². The van der Waals surface area contributed by atoms with Gasteiger partial charge < -0.3 is 19.9 Å². The number of nitrogens with zero attached hydrogens (tertiary/aromatic N) is 1. The van der Waals surface area contributed by atoms with E-state index in [-0.39, 0.29) is 10.4 Å². The average Bonchev–Trinajstić information content (AvgIpc) is 3.24. The number of carbonyl (C=O) groups is 1. The smallest absolute Gasteiger partial charge is 0.407 e. The van der Waals surface area contributed by atoms with Crippen molar-refractivity contribution >= 4 is 17.0 Å². The Kier molecular flexibility index (Phi) is 1.30. The van der Waals surface area contributed by atoms with E-state index in [1.54, 1.807) is 0 Å². The molecule has 1 aromatic carbocycles. The van der Waals surface area contributed by atoms with Gasteiger partial charge in [0.2, 0.25) is 0 Å². The fourth-order valence-electron chi connectivity index (χ4n) is 1.81. The molecule has 112 valence electrons. The summed E-state index contributed by atoms with van der Waals surface area (Å²) < 4.78 is 124. The van der Waals surface area contributed by atoms with Crippen molar-refractivity contribution < 1.29 is 30.1 Å². The van der Waals surface area contributed by atoms with Crippen molar-refractivity contribution in [1.82, 2.24) is 15.2 Å². The molecule has 0 bridgehead atoms. The highest BCUT2D eigenvalue weighted by Gasteiger charge is 2.22. The lowest BCUT2D eigenvalue weighted by Crippen LogP contribution is -2.28. The van der Waals surface area contributed by atoms with Crippen LogP contribution in [0, 0.1) is 0 Å². The highest BCUT2D eigenvalue weighted by molar-refractivity contribution is 5.84. The Morgan fingerprint density at radius 1 is 1.62 bits per heavy atom. The van der Waals surface area contributed by atoms with Gasteiger partial charge in [0.05, 0.1) is 12.9 Å². The summed E-state index contributed by atoms with van der Waals surface area (Å²) in [6, 6.07) is -4.39. The monoisotopic (exact) mass is 302 g/mol. The van der Waals surface area contributed by atoms with Crippen LogP contribution in [0.1, 0.15) is 31.7 Å². The highest BCUT2D eigenvalue weighted by Crippen LogP contribution is 2.21. The van der Waals surface area contributed by atoms with Gasteiger partial charge in [0, 0.05) is 37.4 Å². The number of carbonyl (C=O) groups excluding carboxylic acids is 1. The summed E-state index contributed by atoms with van der Waals surface area (Å²) in [6.45, 7) is -10.5. The van der Waals surface area contributed by atoms with Crippen LogP contribution in [0.15, 0.2) is 24.3 Å². The minimum Gasteiger partial charge on any atom is -0.447 e. The molecule has 5 heteroatoms. The standard InChI is InChI=1S/C16H21N3O2/c1-19(2)6-5-12-9-17-15-4-3-11(8-14(12)15)7-13-10-21-16(20)18-13/h3-4,8-9,13,17H,5-7,10H2,1-2H3,(H,18,20)/t13-/m0/s1/i1D3,2D3,3D,4D,5D2,7D2,8D,10D2. The van der Waals surface area contributed by atoms with E-state index >= 15 is 0 Å². The summed E-state index contributed by atoms with van der Waals surface area (Å²) in [7, 11) is 0. The second-order valence-electron chi connectivity index (χ2n) is 4.19. The van der Waals surface area contributed by atoms with E-state index in [9.17, 15) is 4.79 Å². The largest absolute Gasteiger partial charge is 0.447 e. The number of cyclic esters (lactones) is 1. The molecular formula is C16H21N3O2. The van der Waals surface area contributed by atoms with Gasteiger partial charge in [0.1, 0.15) is 6.56 Å². The number of fused-ring (bicyclic) bond motifs is 1. The number of benzene rings is 1. The number of likely N-dealkylation sites (N-methyl/N-ethyl adjacent to an activating group) is 1. The number of amides is 1. The molecule has 1 aromatic heterocycles. The predicted molar refractivity (Wildman–Crippen MR) is 82.5 cm³/mol. The quantitative estimate of drug-likeness (QED) is 0.887. The summed E-state index contributed by atoms with van der Waals surface area (Å²) in [5.41, 5.74) is -1.59. The molecule has 21 heavy (non-hydrogen) atoms. The number of alkyl carbamates (subject to hydrolysis) is 1. The van der Waals surface area contributed by atoms with Crippen molar-refractivity contribution in [2.45, 2.75) is 18.8 Å². The normalized spacial score (nSPS) is 33.7. The Bertz CT molecular complexity index is 1190. The highest BCUT2D eigenvalue weighted by atomic mass is 16.6. The molecule has 0 spiro atoms. The van der Waals surface area contributed by atoms with E-state index in [1.165, 1.54) is 0 Å². The molecule has 1 atom stereocenters. The first-order valence-electron chi connectivity index (χ1n) is 13.4. The molecule has 1 aliphatic heterocycles. The number of rotatable bonds is 5. The number of ether oxygens (including phenoxy) is 1. The average molecular weight is 302 g/mol. The lowest BCUT2D eigenvalue weighted by atomic mass is 10.0. The van der Waals surface area contributed by atoms with Crippen LogP contribution in [-0.4, -0.2) is 49.1 Å². The summed E-state index contributed by atoms with van der Waals surface area (Å²) in [4.78, 5) is 14.1. The molecule has 1 amide bonds. The van der Waals surface area contributed by atoms with Crippen molar-refractivity contribution in [1.29, 1.82) is 0 Å².